The summed E-state index contributed by atoms with van der Waals surface area (Å²) in [4.78, 5) is 27.3. The fourth-order valence-corrected chi connectivity index (χ4v) is 5.51. The van der Waals surface area contributed by atoms with Crippen LogP contribution in [0.5, 0.6) is 11.5 Å². The molecular formula is C28H24N2O4S2. The highest BCUT2D eigenvalue weighted by molar-refractivity contribution is 8.76. The van der Waals surface area contributed by atoms with Gasteiger partial charge in [-0.05, 0) is 48.5 Å². The number of hydrogen-bond acceptors (Lipinski definition) is 6. The number of carbonyl (C=O) groups is 2. The van der Waals surface area contributed by atoms with E-state index >= 15 is 0 Å². The van der Waals surface area contributed by atoms with Crippen molar-refractivity contribution in [1.29, 1.82) is 0 Å². The molecule has 36 heavy (non-hydrogen) atoms. The zero-order valence-corrected chi connectivity index (χ0v) is 21.3. The number of ether oxygens (including phenoxy) is 2. The number of methoxy groups -OCH3 is 2. The van der Waals surface area contributed by atoms with E-state index in [2.05, 4.69) is 10.6 Å². The van der Waals surface area contributed by atoms with Gasteiger partial charge in [0.15, 0.2) is 0 Å². The van der Waals surface area contributed by atoms with Crippen LogP contribution in [-0.4, -0.2) is 26.0 Å². The zero-order chi connectivity index (χ0) is 25.3. The summed E-state index contributed by atoms with van der Waals surface area (Å²) in [6, 6.07) is 29.1. The molecule has 0 aromatic heterocycles. The summed E-state index contributed by atoms with van der Waals surface area (Å²) in [5.41, 5.74) is 2.38. The van der Waals surface area contributed by atoms with Gasteiger partial charge in [-0.15, -0.1) is 0 Å². The number of nitrogens with one attached hydrogen (secondary N) is 2. The van der Waals surface area contributed by atoms with Crippen molar-refractivity contribution >= 4 is 44.8 Å². The third-order valence-electron chi connectivity index (χ3n) is 5.16. The molecule has 0 atom stereocenters. The van der Waals surface area contributed by atoms with E-state index in [-0.39, 0.29) is 11.8 Å². The summed E-state index contributed by atoms with van der Waals surface area (Å²) in [7, 11) is 6.09. The zero-order valence-electron chi connectivity index (χ0n) is 19.7. The Bertz CT molecular complexity index is 1240. The van der Waals surface area contributed by atoms with Gasteiger partial charge in [-0.2, -0.15) is 0 Å². The highest BCUT2D eigenvalue weighted by Crippen LogP contribution is 2.45. The quantitative estimate of drug-likeness (QED) is 0.233. The Morgan fingerprint density at radius 2 is 0.972 bits per heavy atom. The summed E-state index contributed by atoms with van der Waals surface area (Å²) in [6.07, 6.45) is 0. The molecule has 0 spiro atoms. The Morgan fingerprint density at radius 3 is 1.33 bits per heavy atom. The third kappa shape index (κ3) is 6.41. The fraction of sp³-hybridized carbons (Fsp3) is 0.0714. The summed E-state index contributed by atoms with van der Waals surface area (Å²) in [5.74, 6) is 0.841. The lowest BCUT2D eigenvalue weighted by atomic mass is 10.2. The minimum atomic E-state index is -0.212. The number of anilines is 2. The molecule has 0 saturated heterocycles. The second-order valence-electron chi connectivity index (χ2n) is 7.53. The highest BCUT2D eigenvalue weighted by atomic mass is 33.1. The van der Waals surface area contributed by atoms with Crippen molar-refractivity contribution in [3.8, 4) is 11.5 Å². The van der Waals surface area contributed by atoms with Crippen molar-refractivity contribution in [3.05, 3.63) is 108 Å². The minimum Gasteiger partial charge on any atom is -0.497 e. The van der Waals surface area contributed by atoms with Gasteiger partial charge in [-0.1, -0.05) is 58.0 Å². The van der Waals surface area contributed by atoms with Crippen LogP contribution in [0.2, 0.25) is 0 Å². The number of carbonyl (C=O) groups excluding carboxylic acids is 2. The molecule has 2 N–H and O–H groups in total. The molecule has 182 valence electrons. The first-order chi connectivity index (χ1) is 17.6. The Balaban J connectivity index is 1.56. The van der Waals surface area contributed by atoms with Crippen LogP contribution in [-0.2, 0) is 0 Å². The van der Waals surface area contributed by atoms with Gasteiger partial charge in [-0.25, -0.2) is 0 Å². The molecule has 0 fully saturated rings. The maximum absolute atomic E-state index is 12.8. The maximum atomic E-state index is 12.8. The van der Waals surface area contributed by atoms with E-state index in [9.17, 15) is 9.59 Å². The second-order valence-corrected chi connectivity index (χ2v) is 9.74. The van der Waals surface area contributed by atoms with Gasteiger partial charge < -0.3 is 20.1 Å². The fourth-order valence-electron chi connectivity index (χ4n) is 3.27. The smallest absolute Gasteiger partial charge is 0.255 e. The lowest BCUT2D eigenvalue weighted by Gasteiger charge is -2.15. The van der Waals surface area contributed by atoms with Gasteiger partial charge in [0.25, 0.3) is 11.8 Å². The molecule has 6 nitrogen and oxygen atoms in total. The highest BCUT2D eigenvalue weighted by Gasteiger charge is 2.15. The summed E-state index contributed by atoms with van der Waals surface area (Å²) in [5, 5.41) is 5.96. The van der Waals surface area contributed by atoms with Crippen LogP contribution >= 0.6 is 21.6 Å². The molecule has 0 aliphatic rings. The maximum Gasteiger partial charge on any atom is 0.255 e. The standard InChI is InChI=1S/C28H24N2O4S2/c1-33-21-13-15-25(23(17-21)29-27(31)19-9-5-3-6-10-19)35-36-26-16-14-22(34-2)18-24(26)30-28(32)20-11-7-4-8-12-20/h3-18H,1-2H3,(H,29,31)(H,30,32). The van der Waals surface area contributed by atoms with Crippen LogP contribution in [0, 0.1) is 0 Å². The van der Waals surface area contributed by atoms with Crippen molar-refractivity contribution in [2.24, 2.45) is 0 Å². The molecule has 0 aliphatic carbocycles. The minimum absolute atomic E-state index is 0.212. The van der Waals surface area contributed by atoms with Gasteiger partial charge in [0, 0.05) is 33.1 Å². The monoisotopic (exact) mass is 516 g/mol. The summed E-state index contributed by atoms with van der Waals surface area (Å²) < 4.78 is 10.7. The normalized spacial score (nSPS) is 10.4. The number of rotatable bonds is 9. The molecule has 4 aromatic rings. The summed E-state index contributed by atoms with van der Waals surface area (Å²) in [6.45, 7) is 0. The predicted molar refractivity (Wildman–Crippen MR) is 146 cm³/mol. The first-order valence-corrected chi connectivity index (χ1v) is 13.2. The van der Waals surface area contributed by atoms with Crippen molar-refractivity contribution in [2.75, 3.05) is 24.9 Å². The lowest BCUT2D eigenvalue weighted by Crippen LogP contribution is -2.12. The van der Waals surface area contributed by atoms with E-state index in [0.29, 0.717) is 34.0 Å². The van der Waals surface area contributed by atoms with E-state index in [1.54, 1.807) is 50.6 Å². The Morgan fingerprint density at radius 1 is 0.583 bits per heavy atom. The van der Waals surface area contributed by atoms with Gasteiger partial charge in [0.2, 0.25) is 0 Å². The molecule has 8 heteroatoms. The topological polar surface area (TPSA) is 76.7 Å². The Hall–Kier alpha value is -3.88. The first-order valence-electron chi connectivity index (χ1n) is 11.0. The second kappa shape index (κ2) is 12.2. The van der Waals surface area contributed by atoms with Gasteiger partial charge >= 0.3 is 0 Å². The van der Waals surface area contributed by atoms with Crippen molar-refractivity contribution in [2.45, 2.75) is 9.79 Å². The van der Waals surface area contributed by atoms with Crippen molar-refractivity contribution in [1.82, 2.24) is 0 Å². The van der Waals surface area contributed by atoms with Crippen LogP contribution < -0.4 is 20.1 Å². The van der Waals surface area contributed by atoms with Crippen LogP contribution in [0.1, 0.15) is 20.7 Å². The van der Waals surface area contributed by atoms with E-state index in [1.165, 1.54) is 21.6 Å². The Labute approximate surface area is 217 Å². The molecule has 0 radical (unpaired) electrons. The average Bonchev–Trinajstić information content (AvgIpc) is 2.93. The van der Waals surface area contributed by atoms with E-state index in [4.69, 9.17) is 9.47 Å². The van der Waals surface area contributed by atoms with Gasteiger partial charge in [0.05, 0.1) is 25.6 Å². The molecule has 4 aromatic carbocycles. The van der Waals surface area contributed by atoms with E-state index in [0.717, 1.165) is 9.79 Å². The van der Waals surface area contributed by atoms with Crippen LogP contribution in [0.4, 0.5) is 11.4 Å². The van der Waals surface area contributed by atoms with Crippen LogP contribution in [0.25, 0.3) is 0 Å². The SMILES string of the molecule is COc1ccc(SSc2ccc(OC)cc2NC(=O)c2ccccc2)c(NC(=O)c2ccccc2)c1. The van der Waals surface area contributed by atoms with Crippen LogP contribution in [0.3, 0.4) is 0 Å². The molecular weight excluding hydrogens is 492 g/mol. The molecule has 0 bridgehead atoms. The molecule has 2 amide bonds. The van der Waals surface area contributed by atoms with Crippen LogP contribution in [0.15, 0.2) is 107 Å². The summed E-state index contributed by atoms with van der Waals surface area (Å²) >= 11 is 0. The van der Waals surface area contributed by atoms with Crippen molar-refractivity contribution < 1.29 is 19.1 Å². The molecule has 0 saturated carbocycles. The molecule has 0 unspecified atom stereocenters. The number of hydrogen-bond donors (Lipinski definition) is 2. The van der Waals surface area contributed by atoms with Gasteiger partial charge in [0.1, 0.15) is 11.5 Å². The largest absolute Gasteiger partial charge is 0.497 e. The first kappa shape index (κ1) is 25.2. The van der Waals surface area contributed by atoms with E-state index < -0.39 is 0 Å². The predicted octanol–water partition coefficient (Wildman–Crippen LogP) is 7.01. The third-order valence-corrected chi connectivity index (χ3v) is 7.64. The van der Waals surface area contributed by atoms with E-state index in [1.807, 2.05) is 60.7 Å². The number of benzene rings is 4. The van der Waals surface area contributed by atoms with Crippen molar-refractivity contribution in [3.63, 3.8) is 0 Å². The molecule has 0 aliphatic heterocycles. The average molecular weight is 517 g/mol. The lowest BCUT2D eigenvalue weighted by molar-refractivity contribution is 0.101. The van der Waals surface area contributed by atoms with Gasteiger partial charge in [-0.3, -0.25) is 9.59 Å². The Kier molecular flexibility index (Phi) is 8.54. The number of amides is 2. The molecule has 0 heterocycles. The molecule has 4 rings (SSSR count).